The molecule has 0 aliphatic carbocycles. The minimum absolute atomic E-state index is 0.103. The van der Waals surface area contributed by atoms with Gasteiger partial charge in [-0.25, -0.2) is 0 Å². The average Bonchev–Trinajstić information content (AvgIpc) is 3.08. The number of carbonyl (C=O) groups excluding carboxylic acids is 1. The van der Waals surface area contributed by atoms with Gasteiger partial charge in [-0.15, -0.1) is 0 Å². The van der Waals surface area contributed by atoms with Crippen molar-refractivity contribution in [1.82, 2.24) is 19.6 Å². The fraction of sp³-hybridized carbons (Fsp3) is 0.188. The molecule has 0 saturated heterocycles. The molecular weight excluding hydrogens is 394 g/mol. The first kappa shape index (κ1) is 16.7. The zero-order valence-corrected chi connectivity index (χ0v) is 15.3. The standard InChI is InChI=1S/C16H15BrClN5O/c1-11-15(18)9-23(21-11)10-16(24)20-14-6-19-22(8-14)7-12-2-4-13(17)5-3-12/h2-6,8-9H,7,10H2,1H3,(H,20,24). The minimum Gasteiger partial charge on any atom is -0.322 e. The van der Waals surface area contributed by atoms with Gasteiger partial charge in [0.05, 0.1) is 29.1 Å². The lowest BCUT2D eigenvalue weighted by Crippen LogP contribution is -2.18. The van der Waals surface area contributed by atoms with Gasteiger partial charge in [-0.2, -0.15) is 10.2 Å². The van der Waals surface area contributed by atoms with Gasteiger partial charge in [0.15, 0.2) is 0 Å². The third-order valence-corrected chi connectivity index (χ3v) is 4.27. The molecule has 0 bridgehead atoms. The number of aryl methyl sites for hydroxylation is 1. The molecule has 124 valence electrons. The molecule has 0 saturated carbocycles. The van der Waals surface area contributed by atoms with Crippen LogP contribution in [0.5, 0.6) is 0 Å². The van der Waals surface area contributed by atoms with E-state index in [0.717, 1.165) is 10.0 Å². The molecule has 0 aliphatic rings. The smallest absolute Gasteiger partial charge is 0.246 e. The summed E-state index contributed by atoms with van der Waals surface area (Å²) in [5.41, 5.74) is 2.47. The molecule has 0 radical (unpaired) electrons. The van der Waals surface area contributed by atoms with Gasteiger partial charge < -0.3 is 5.32 Å². The Hall–Kier alpha value is -2.12. The predicted octanol–water partition coefficient (Wildman–Crippen LogP) is 3.49. The van der Waals surface area contributed by atoms with Crippen molar-refractivity contribution in [2.24, 2.45) is 0 Å². The van der Waals surface area contributed by atoms with Crippen LogP contribution in [0.3, 0.4) is 0 Å². The average molecular weight is 409 g/mol. The summed E-state index contributed by atoms with van der Waals surface area (Å²) in [4.78, 5) is 12.1. The Bertz CT molecular complexity index is 836. The van der Waals surface area contributed by atoms with E-state index in [2.05, 4.69) is 31.4 Å². The van der Waals surface area contributed by atoms with Crippen molar-refractivity contribution in [2.45, 2.75) is 20.0 Å². The SMILES string of the molecule is Cc1nn(CC(=O)Nc2cnn(Cc3ccc(Br)cc3)c2)cc1Cl. The van der Waals surface area contributed by atoms with E-state index in [4.69, 9.17) is 11.6 Å². The molecule has 8 heteroatoms. The molecule has 1 amide bonds. The van der Waals surface area contributed by atoms with Gasteiger partial charge in [-0.05, 0) is 24.6 Å². The quantitative estimate of drug-likeness (QED) is 0.703. The summed E-state index contributed by atoms with van der Waals surface area (Å²) in [5, 5.41) is 11.8. The molecule has 6 nitrogen and oxygen atoms in total. The van der Waals surface area contributed by atoms with E-state index in [1.165, 1.54) is 4.68 Å². The van der Waals surface area contributed by atoms with Crippen LogP contribution in [0.2, 0.25) is 5.02 Å². The van der Waals surface area contributed by atoms with Gasteiger partial charge in [0, 0.05) is 16.9 Å². The fourth-order valence-electron chi connectivity index (χ4n) is 2.21. The van der Waals surface area contributed by atoms with Gasteiger partial charge in [0.25, 0.3) is 0 Å². The summed E-state index contributed by atoms with van der Waals surface area (Å²) in [5.74, 6) is -0.183. The molecule has 24 heavy (non-hydrogen) atoms. The first-order valence-electron chi connectivity index (χ1n) is 7.26. The molecule has 1 N–H and O–H groups in total. The van der Waals surface area contributed by atoms with Crippen molar-refractivity contribution in [2.75, 3.05) is 5.32 Å². The number of nitrogens with zero attached hydrogens (tertiary/aromatic N) is 4. The van der Waals surface area contributed by atoms with E-state index in [1.807, 2.05) is 24.3 Å². The van der Waals surface area contributed by atoms with Crippen LogP contribution in [0.1, 0.15) is 11.3 Å². The number of benzene rings is 1. The lowest BCUT2D eigenvalue weighted by Gasteiger charge is -2.03. The molecule has 3 rings (SSSR count). The number of nitrogens with one attached hydrogen (secondary N) is 1. The Kier molecular flexibility index (Phi) is 5.01. The van der Waals surface area contributed by atoms with E-state index in [0.29, 0.717) is 22.9 Å². The molecule has 3 aromatic rings. The Balaban J connectivity index is 1.59. The third-order valence-electron chi connectivity index (χ3n) is 3.37. The lowest BCUT2D eigenvalue weighted by atomic mass is 10.2. The minimum atomic E-state index is -0.183. The zero-order valence-electron chi connectivity index (χ0n) is 12.9. The van der Waals surface area contributed by atoms with Crippen LogP contribution >= 0.6 is 27.5 Å². The van der Waals surface area contributed by atoms with E-state index in [9.17, 15) is 4.79 Å². The summed E-state index contributed by atoms with van der Waals surface area (Å²) in [6.45, 7) is 2.53. The van der Waals surface area contributed by atoms with Gasteiger partial charge in [-0.3, -0.25) is 14.2 Å². The van der Waals surface area contributed by atoms with Gasteiger partial charge >= 0.3 is 0 Å². The van der Waals surface area contributed by atoms with Gasteiger partial charge in [0.2, 0.25) is 5.91 Å². The highest BCUT2D eigenvalue weighted by Crippen LogP contribution is 2.14. The first-order chi connectivity index (χ1) is 11.5. The van der Waals surface area contributed by atoms with Crippen molar-refractivity contribution in [1.29, 1.82) is 0 Å². The second kappa shape index (κ2) is 7.19. The van der Waals surface area contributed by atoms with Crippen LogP contribution in [0, 0.1) is 6.92 Å². The Labute approximate surface area is 152 Å². The Morgan fingerprint density at radius 1 is 1.25 bits per heavy atom. The molecule has 0 spiro atoms. The Morgan fingerprint density at radius 2 is 2.00 bits per heavy atom. The topological polar surface area (TPSA) is 64.7 Å². The second-order valence-corrected chi connectivity index (χ2v) is 6.68. The molecule has 2 aromatic heterocycles. The monoisotopic (exact) mass is 407 g/mol. The molecule has 0 atom stereocenters. The van der Waals surface area contributed by atoms with Crippen LogP contribution < -0.4 is 5.32 Å². The summed E-state index contributed by atoms with van der Waals surface area (Å²) in [6.07, 6.45) is 5.05. The Morgan fingerprint density at radius 3 is 2.67 bits per heavy atom. The zero-order chi connectivity index (χ0) is 17.1. The third kappa shape index (κ3) is 4.24. The van der Waals surface area contributed by atoms with Crippen molar-refractivity contribution in [3.8, 4) is 0 Å². The normalized spacial score (nSPS) is 10.8. The van der Waals surface area contributed by atoms with E-state index < -0.39 is 0 Å². The highest BCUT2D eigenvalue weighted by atomic mass is 79.9. The van der Waals surface area contributed by atoms with Crippen molar-refractivity contribution >= 4 is 39.1 Å². The maximum atomic E-state index is 12.1. The van der Waals surface area contributed by atoms with Gasteiger partial charge in [0.1, 0.15) is 6.54 Å². The van der Waals surface area contributed by atoms with Crippen LogP contribution in [0.15, 0.2) is 47.3 Å². The van der Waals surface area contributed by atoms with Crippen molar-refractivity contribution in [3.63, 3.8) is 0 Å². The highest BCUT2D eigenvalue weighted by molar-refractivity contribution is 9.10. The van der Waals surface area contributed by atoms with Crippen molar-refractivity contribution < 1.29 is 4.79 Å². The second-order valence-electron chi connectivity index (χ2n) is 5.36. The summed E-state index contributed by atoms with van der Waals surface area (Å²) in [6, 6.07) is 8.01. The predicted molar refractivity (Wildman–Crippen MR) is 96.1 cm³/mol. The van der Waals surface area contributed by atoms with Crippen molar-refractivity contribution in [3.05, 3.63) is 63.6 Å². The fourth-order valence-corrected chi connectivity index (χ4v) is 2.63. The number of rotatable bonds is 5. The van der Waals surface area contributed by atoms with Crippen LogP contribution in [-0.4, -0.2) is 25.5 Å². The van der Waals surface area contributed by atoms with E-state index >= 15 is 0 Å². The number of hydrogen-bond donors (Lipinski definition) is 1. The first-order valence-corrected chi connectivity index (χ1v) is 8.43. The molecule has 0 fully saturated rings. The summed E-state index contributed by atoms with van der Waals surface area (Å²) in [7, 11) is 0. The maximum absolute atomic E-state index is 12.1. The van der Waals surface area contributed by atoms with E-state index in [1.54, 1.807) is 30.2 Å². The van der Waals surface area contributed by atoms with Crippen LogP contribution in [-0.2, 0) is 17.9 Å². The molecule has 2 heterocycles. The summed E-state index contributed by atoms with van der Waals surface area (Å²) < 4.78 is 4.32. The highest BCUT2D eigenvalue weighted by Gasteiger charge is 2.08. The molecular formula is C16H15BrClN5O. The molecule has 0 unspecified atom stereocenters. The van der Waals surface area contributed by atoms with Crippen LogP contribution in [0.4, 0.5) is 5.69 Å². The number of aromatic nitrogens is 4. The van der Waals surface area contributed by atoms with Crippen LogP contribution in [0.25, 0.3) is 0 Å². The number of halogens is 2. The lowest BCUT2D eigenvalue weighted by molar-refractivity contribution is -0.116. The van der Waals surface area contributed by atoms with E-state index in [-0.39, 0.29) is 12.5 Å². The number of amides is 1. The summed E-state index contributed by atoms with van der Waals surface area (Å²) >= 11 is 9.34. The number of anilines is 1. The largest absolute Gasteiger partial charge is 0.322 e. The number of hydrogen-bond acceptors (Lipinski definition) is 3. The molecule has 1 aromatic carbocycles. The number of carbonyl (C=O) groups is 1. The maximum Gasteiger partial charge on any atom is 0.246 e. The molecule has 0 aliphatic heterocycles. The van der Waals surface area contributed by atoms with Gasteiger partial charge in [-0.1, -0.05) is 39.7 Å².